The standard InChI is InChI=1S/C18H20FN5O4/c1-22-17(13(7-21-22)18(26)24-2-4-27-5-3-24)15-6-16(14(19)8-20-15)28-12-9-23(10-12)11-25/h6-8,11-12H,2-5,9-10H2,1H3. The highest BCUT2D eigenvalue weighted by Gasteiger charge is 2.29. The highest BCUT2D eigenvalue weighted by atomic mass is 19.1. The molecule has 0 aromatic carbocycles. The Morgan fingerprint density at radius 2 is 2.07 bits per heavy atom. The van der Waals surface area contributed by atoms with Gasteiger partial charge in [-0.05, 0) is 0 Å². The van der Waals surface area contributed by atoms with Crippen molar-refractivity contribution in [2.24, 2.45) is 7.05 Å². The molecule has 0 aliphatic carbocycles. The summed E-state index contributed by atoms with van der Waals surface area (Å²) in [6.45, 7) is 2.82. The Bertz CT molecular complexity index is 890. The molecule has 0 spiro atoms. The van der Waals surface area contributed by atoms with Crippen LogP contribution in [0.3, 0.4) is 0 Å². The fourth-order valence-electron chi connectivity index (χ4n) is 3.28. The Morgan fingerprint density at radius 1 is 1.32 bits per heavy atom. The second kappa shape index (κ2) is 7.55. The van der Waals surface area contributed by atoms with Gasteiger partial charge in [-0.2, -0.15) is 5.10 Å². The molecule has 0 N–H and O–H groups in total. The van der Waals surface area contributed by atoms with E-state index in [0.29, 0.717) is 56.3 Å². The van der Waals surface area contributed by atoms with Crippen molar-refractivity contribution in [3.63, 3.8) is 0 Å². The highest BCUT2D eigenvalue weighted by molar-refractivity contribution is 5.99. The Hall–Kier alpha value is -3.01. The number of aryl methyl sites for hydroxylation is 1. The van der Waals surface area contributed by atoms with Crippen LogP contribution in [0.4, 0.5) is 4.39 Å². The normalized spacial score (nSPS) is 17.4. The van der Waals surface area contributed by atoms with Crippen LogP contribution in [0.1, 0.15) is 10.4 Å². The zero-order valence-electron chi connectivity index (χ0n) is 15.4. The van der Waals surface area contributed by atoms with E-state index in [-0.39, 0.29) is 17.8 Å². The van der Waals surface area contributed by atoms with Crippen LogP contribution in [-0.4, -0.2) is 82.4 Å². The first-order valence-electron chi connectivity index (χ1n) is 8.97. The molecule has 0 bridgehead atoms. The lowest BCUT2D eigenvalue weighted by molar-refractivity contribution is -0.126. The maximum absolute atomic E-state index is 14.2. The fraction of sp³-hybridized carbons (Fsp3) is 0.444. The van der Waals surface area contributed by atoms with Gasteiger partial charge in [0, 0.05) is 26.2 Å². The lowest BCUT2D eigenvalue weighted by Crippen LogP contribution is -2.52. The van der Waals surface area contributed by atoms with Crippen molar-refractivity contribution in [1.82, 2.24) is 24.6 Å². The zero-order chi connectivity index (χ0) is 19.7. The van der Waals surface area contributed by atoms with Gasteiger partial charge in [-0.1, -0.05) is 0 Å². The molecule has 2 aromatic heterocycles. The number of carbonyl (C=O) groups excluding carboxylic acids is 2. The van der Waals surface area contributed by atoms with Gasteiger partial charge < -0.3 is 19.3 Å². The zero-order valence-corrected chi connectivity index (χ0v) is 15.4. The second-order valence-corrected chi connectivity index (χ2v) is 6.73. The van der Waals surface area contributed by atoms with Crippen LogP contribution in [0, 0.1) is 5.82 Å². The monoisotopic (exact) mass is 389 g/mol. The third-order valence-electron chi connectivity index (χ3n) is 4.85. The number of halogens is 1. The molecule has 2 aliphatic rings. The number of hydrogen-bond donors (Lipinski definition) is 0. The molecule has 4 rings (SSSR count). The largest absolute Gasteiger partial charge is 0.484 e. The number of ether oxygens (including phenoxy) is 2. The number of likely N-dealkylation sites (tertiary alicyclic amines) is 1. The first-order chi connectivity index (χ1) is 13.6. The summed E-state index contributed by atoms with van der Waals surface area (Å²) < 4.78 is 26.7. The van der Waals surface area contributed by atoms with Crippen molar-refractivity contribution < 1.29 is 23.5 Å². The third-order valence-corrected chi connectivity index (χ3v) is 4.85. The third kappa shape index (κ3) is 3.42. The van der Waals surface area contributed by atoms with Crippen LogP contribution >= 0.6 is 0 Å². The van der Waals surface area contributed by atoms with Crippen LogP contribution in [0.15, 0.2) is 18.5 Å². The van der Waals surface area contributed by atoms with Gasteiger partial charge in [0.25, 0.3) is 5.91 Å². The molecule has 2 fully saturated rings. The molecule has 9 nitrogen and oxygen atoms in total. The summed E-state index contributed by atoms with van der Waals surface area (Å²) in [6.07, 6.45) is 3.02. The van der Waals surface area contributed by atoms with E-state index in [1.165, 1.54) is 21.8 Å². The number of amides is 2. The summed E-state index contributed by atoms with van der Waals surface area (Å²) in [7, 11) is 1.70. The Balaban J connectivity index is 1.60. The average Bonchev–Trinajstić information content (AvgIpc) is 3.07. The summed E-state index contributed by atoms with van der Waals surface area (Å²) in [5, 5.41) is 4.19. The molecule has 0 radical (unpaired) electrons. The van der Waals surface area contributed by atoms with E-state index in [4.69, 9.17) is 9.47 Å². The Labute approximate surface area is 160 Å². The maximum Gasteiger partial charge on any atom is 0.257 e. The minimum atomic E-state index is -0.600. The van der Waals surface area contributed by atoms with E-state index in [1.807, 2.05) is 0 Å². The van der Waals surface area contributed by atoms with Crippen LogP contribution < -0.4 is 4.74 Å². The molecule has 0 unspecified atom stereocenters. The van der Waals surface area contributed by atoms with Gasteiger partial charge in [-0.15, -0.1) is 0 Å². The smallest absolute Gasteiger partial charge is 0.257 e. The van der Waals surface area contributed by atoms with Crippen LogP contribution in [-0.2, 0) is 16.6 Å². The summed E-state index contributed by atoms with van der Waals surface area (Å²) in [4.78, 5) is 30.9. The molecule has 2 saturated heterocycles. The number of rotatable bonds is 5. The minimum absolute atomic E-state index is 0.0338. The molecule has 0 saturated carbocycles. The summed E-state index contributed by atoms with van der Waals surface area (Å²) in [6, 6.07) is 1.46. The highest BCUT2D eigenvalue weighted by Crippen LogP contribution is 2.29. The lowest BCUT2D eigenvalue weighted by Gasteiger charge is -2.36. The van der Waals surface area contributed by atoms with Crippen LogP contribution in [0.2, 0.25) is 0 Å². The second-order valence-electron chi connectivity index (χ2n) is 6.73. The first kappa shape index (κ1) is 18.4. The van der Waals surface area contributed by atoms with Gasteiger partial charge in [0.05, 0.1) is 55.6 Å². The Morgan fingerprint density at radius 3 is 2.79 bits per heavy atom. The van der Waals surface area contributed by atoms with Gasteiger partial charge in [-0.25, -0.2) is 4.39 Å². The minimum Gasteiger partial charge on any atom is -0.484 e. The van der Waals surface area contributed by atoms with Crippen LogP contribution in [0.5, 0.6) is 5.75 Å². The average molecular weight is 389 g/mol. The van der Waals surface area contributed by atoms with Gasteiger partial charge in [0.2, 0.25) is 6.41 Å². The maximum atomic E-state index is 14.2. The van der Waals surface area contributed by atoms with Gasteiger partial charge in [0.1, 0.15) is 6.10 Å². The van der Waals surface area contributed by atoms with Crippen molar-refractivity contribution in [2.75, 3.05) is 39.4 Å². The molecular weight excluding hydrogens is 369 g/mol. The van der Waals surface area contributed by atoms with Gasteiger partial charge in [0.15, 0.2) is 11.6 Å². The molecule has 4 heterocycles. The number of pyridine rings is 1. The molecule has 28 heavy (non-hydrogen) atoms. The van der Waals surface area contributed by atoms with E-state index >= 15 is 0 Å². The van der Waals surface area contributed by atoms with Gasteiger partial charge in [-0.3, -0.25) is 19.3 Å². The van der Waals surface area contributed by atoms with Gasteiger partial charge >= 0.3 is 0 Å². The van der Waals surface area contributed by atoms with Crippen molar-refractivity contribution in [3.05, 3.63) is 29.8 Å². The predicted octanol–water partition coefficient (Wildman–Crippen LogP) is 0.313. The predicted molar refractivity (Wildman–Crippen MR) is 95.2 cm³/mol. The number of morpholine rings is 1. The first-order valence-corrected chi connectivity index (χ1v) is 8.97. The lowest BCUT2D eigenvalue weighted by atomic mass is 10.1. The van der Waals surface area contributed by atoms with E-state index < -0.39 is 5.82 Å². The molecular formula is C18H20FN5O4. The quantitative estimate of drug-likeness (QED) is 0.684. The van der Waals surface area contributed by atoms with Crippen molar-refractivity contribution in [1.29, 1.82) is 0 Å². The summed E-state index contributed by atoms with van der Waals surface area (Å²) in [5.41, 5.74) is 1.27. The van der Waals surface area contributed by atoms with Crippen LogP contribution in [0.25, 0.3) is 11.4 Å². The van der Waals surface area contributed by atoms with Crippen molar-refractivity contribution >= 4 is 12.3 Å². The number of hydrogen-bond acceptors (Lipinski definition) is 6. The fourth-order valence-corrected chi connectivity index (χ4v) is 3.28. The van der Waals surface area contributed by atoms with E-state index in [2.05, 4.69) is 10.1 Å². The van der Waals surface area contributed by atoms with E-state index in [9.17, 15) is 14.0 Å². The molecule has 0 atom stereocenters. The SMILES string of the molecule is Cn1ncc(C(=O)N2CCOCC2)c1-c1cc(OC2CN(C=O)C2)c(F)cn1. The molecule has 10 heteroatoms. The molecule has 2 amide bonds. The van der Waals surface area contributed by atoms with Crippen molar-refractivity contribution in [3.8, 4) is 17.1 Å². The number of carbonyl (C=O) groups is 2. The topological polar surface area (TPSA) is 89.8 Å². The van der Waals surface area contributed by atoms with E-state index in [0.717, 1.165) is 12.6 Å². The number of aromatic nitrogens is 3. The molecule has 2 aliphatic heterocycles. The summed E-state index contributed by atoms with van der Waals surface area (Å²) >= 11 is 0. The molecule has 148 valence electrons. The summed E-state index contributed by atoms with van der Waals surface area (Å²) in [5.74, 6) is -0.733. The molecule has 2 aromatic rings. The number of nitrogens with zero attached hydrogens (tertiary/aromatic N) is 5. The van der Waals surface area contributed by atoms with E-state index in [1.54, 1.807) is 11.9 Å². The van der Waals surface area contributed by atoms with Crippen molar-refractivity contribution in [2.45, 2.75) is 6.10 Å². The Kier molecular flexibility index (Phi) is 4.95.